The van der Waals surface area contributed by atoms with Crippen molar-refractivity contribution in [2.24, 2.45) is 5.92 Å². The molecule has 0 amide bonds. The highest BCUT2D eigenvalue weighted by Gasteiger charge is 2.23. The highest BCUT2D eigenvalue weighted by Crippen LogP contribution is 2.24. The molecule has 0 aliphatic rings. The summed E-state index contributed by atoms with van der Waals surface area (Å²) in [4.78, 5) is 12.7. The summed E-state index contributed by atoms with van der Waals surface area (Å²) in [6.45, 7) is 4.32. The summed E-state index contributed by atoms with van der Waals surface area (Å²) in [5.41, 5.74) is 0. The first-order chi connectivity index (χ1) is 11.9. The number of rotatable bonds is 14. The Morgan fingerprint density at radius 1 is 1.00 bits per heavy atom. The fraction of sp³-hybridized carbons (Fsp3) is 0.737. The van der Waals surface area contributed by atoms with Crippen molar-refractivity contribution in [2.75, 3.05) is 0 Å². The molecule has 6 heteroatoms. The summed E-state index contributed by atoms with van der Waals surface area (Å²) in [5, 5.41) is 0. The third-order valence-electron chi connectivity index (χ3n) is 4.41. The number of furan rings is 1. The van der Waals surface area contributed by atoms with Gasteiger partial charge in [-0.2, -0.15) is 8.42 Å². The summed E-state index contributed by atoms with van der Waals surface area (Å²) >= 11 is 0. The van der Waals surface area contributed by atoms with Gasteiger partial charge in [-0.05, 0) is 25.0 Å². The van der Waals surface area contributed by atoms with E-state index in [-0.39, 0.29) is 23.2 Å². The maximum atomic E-state index is 12.7. The number of ketones is 1. The van der Waals surface area contributed by atoms with Crippen molar-refractivity contribution in [3.63, 3.8) is 0 Å². The molecule has 25 heavy (non-hydrogen) atoms. The van der Waals surface area contributed by atoms with Crippen molar-refractivity contribution in [3.05, 3.63) is 23.7 Å². The Labute approximate surface area is 151 Å². The van der Waals surface area contributed by atoms with Gasteiger partial charge in [0.05, 0.1) is 0 Å². The van der Waals surface area contributed by atoms with Crippen LogP contribution < -0.4 is 0 Å². The van der Waals surface area contributed by atoms with Crippen molar-refractivity contribution in [1.82, 2.24) is 0 Å². The van der Waals surface area contributed by atoms with Crippen LogP contribution in [0.1, 0.15) is 94.4 Å². The third-order valence-corrected chi connectivity index (χ3v) is 5.06. The molecule has 0 fully saturated rings. The van der Waals surface area contributed by atoms with Crippen LogP contribution in [-0.4, -0.2) is 18.8 Å². The van der Waals surface area contributed by atoms with Gasteiger partial charge in [0.1, 0.15) is 11.5 Å². The van der Waals surface area contributed by atoms with Gasteiger partial charge in [0.15, 0.2) is 5.76 Å². The minimum absolute atomic E-state index is 0.0467. The largest absolute Gasteiger partial charge is 0.457 e. The van der Waals surface area contributed by atoms with Crippen LogP contribution in [0, 0.1) is 5.92 Å². The van der Waals surface area contributed by atoms with E-state index in [1.165, 1.54) is 25.0 Å². The molecule has 0 bridgehead atoms. The quantitative estimate of drug-likeness (QED) is 0.268. The molecule has 1 rings (SSSR count). The van der Waals surface area contributed by atoms with E-state index in [1.54, 1.807) is 0 Å². The van der Waals surface area contributed by atoms with Gasteiger partial charge in [-0.25, -0.2) is 0 Å². The molecule has 0 spiro atoms. The molecule has 1 aromatic heterocycles. The molecule has 5 nitrogen and oxygen atoms in total. The fourth-order valence-electron chi connectivity index (χ4n) is 3.01. The van der Waals surface area contributed by atoms with Gasteiger partial charge in [0, 0.05) is 5.92 Å². The molecule has 144 valence electrons. The average Bonchev–Trinajstić information content (AvgIpc) is 2.99. The van der Waals surface area contributed by atoms with Gasteiger partial charge >= 0.3 is 0 Å². The first-order valence-corrected chi connectivity index (χ1v) is 11.1. The highest BCUT2D eigenvalue weighted by atomic mass is 32.2. The van der Waals surface area contributed by atoms with Gasteiger partial charge in [0.25, 0.3) is 10.1 Å². The lowest BCUT2D eigenvalue weighted by atomic mass is 9.90. The first-order valence-electron chi connectivity index (χ1n) is 9.45. The molecule has 0 saturated heterocycles. The van der Waals surface area contributed by atoms with Crippen molar-refractivity contribution in [3.8, 4) is 0 Å². The number of carbonyl (C=O) groups is 1. The Morgan fingerprint density at radius 3 is 2.04 bits per heavy atom. The zero-order valence-corrected chi connectivity index (χ0v) is 16.3. The number of Topliss-reactive ketones (excluding diaryl/α,β-unsaturated/α-hetero) is 1. The lowest BCUT2D eigenvalue weighted by molar-refractivity contribution is 0.0871. The van der Waals surface area contributed by atoms with E-state index in [0.717, 1.165) is 51.4 Å². The van der Waals surface area contributed by atoms with E-state index in [2.05, 4.69) is 13.8 Å². The van der Waals surface area contributed by atoms with E-state index < -0.39 is 15.9 Å². The van der Waals surface area contributed by atoms with Gasteiger partial charge < -0.3 is 4.42 Å². The van der Waals surface area contributed by atoms with Gasteiger partial charge in [-0.15, -0.1) is 0 Å². The Balaban J connectivity index is 2.68. The van der Waals surface area contributed by atoms with Crippen LogP contribution in [0.4, 0.5) is 0 Å². The third kappa shape index (κ3) is 9.21. The minimum Gasteiger partial charge on any atom is -0.457 e. The molecule has 0 aliphatic heterocycles. The van der Waals surface area contributed by atoms with E-state index in [4.69, 9.17) is 8.97 Å². The van der Waals surface area contributed by atoms with Crippen LogP contribution in [0.3, 0.4) is 0 Å². The second-order valence-corrected chi connectivity index (χ2v) is 8.20. The summed E-state index contributed by atoms with van der Waals surface area (Å²) < 4.78 is 36.1. The van der Waals surface area contributed by atoms with Gasteiger partial charge in [-0.3, -0.25) is 9.35 Å². The standard InChI is InChI=1S/C19H32O5S/c1-3-5-7-9-11-16(12-10-8-6-4-2)19(20)18-14-13-17(24-18)15-25(21,22)23/h13-14,16H,3-12,15H2,1-2H3,(H,21,22,23). The normalized spacial score (nSPS) is 12.0. The molecule has 0 radical (unpaired) electrons. The molecular weight excluding hydrogens is 340 g/mol. The molecule has 0 unspecified atom stereocenters. The zero-order valence-electron chi connectivity index (χ0n) is 15.5. The monoisotopic (exact) mass is 372 g/mol. The Morgan fingerprint density at radius 2 is 1.56 bits per heavy atom. The Bertz CT molecular complexity index is 591. The summed E-state index contributed by atoms with van der Waals surface area (Å²) in [6.07, 6.45) is 10.7. The van der Waals surface area contributed by atoms with Gasteiger partial charge in [-0.1, -0.05) is 65.2 Å². The number of hydrogen-bond acceptors (Lipinski definition) is 4. The predicted molar refractivity (Wildman–Crippen MR) is 99.3 cm³/mol. The zero-order chi connectivity index (χ0) is 18.7. The second-order valence-electron chi connectivity index (χ2n) is 6.75. The average molecular weight is 373 g/mol. The minimum atomic E-state index is -4.16. The fourth-order valence-corrected chi connectivity index (χ4v) is 3.53. The van der Waals surface area contributed by atoms with E-state index >= 15 is 0 Å². The topological polar surface area (TPSA) is 84.6 Å². The summed E-state index contributed by atoms with van der Waals surface area (Å²) in [7, 11) is -4.16. The first kappa shape index (κ1) is 21.9. The number of hydrogen-bond donors (Lipinski definition) is 1. The highest BCUT2D eigenvalue weighted by molar-refractivity contribution is 7.84. The second kappa shape index (κ2) is 11.5. The summed E-state index contributed by atoms with van der Waals surface area (Å²) in [6, 6.07) is 2.97. The van der Waals surface area contributed by atoms with Crippen molar-refractivity contribution in [2.45, 2.75) is 83.8 Å². The Hall–Kier alpha value is -1.14. The molecule has 0 aromatic carbocycles. The van der Waals surface area contributed by atoms with Crippen LogP contribution in [0.15, 0.2) is 16.5 Å². The van der Waals surface area contributed by atoms with Crippen LogP contribution in [-0.2, 0) is 15.9 Å². The maximum Gasteiger partial charge on any atom is 0.272 e. The lowest BCUT2D eigenvalue weighted by Gasteiger charge is -2.14. The van der Waals surface area contributed by atoms with Crippen LogP contribution in [0.5, 0.6) is 0 Å². The van der Waals surface area contributed by atoms with Crippen molar-refractivity contribution < 1.29 is 22.2 Å². The van der Waals surface area contributed by atoms with E-state index in [0.29, 0.717) is 0 Å². The van der Waals surface area contributed by atoms with Crippen LogP contribution in [0.25, 0.3) is 0 Å². The predicted octanol–water partition coefficient (Wildman–Crippen LogP) is 5.41. The maximum absolute atomic E-state index is 12.7. The smallest absolute Gasteiger partial charge is 0.272 e. The molecular formula is C19H32O5S. The lowest BCUT2D eigenvalue weighted by Crippen LogP contribution is -2.14. The molecule has 0 saturated carbocycles. The molecule has 1 heterocycles. The van der Waals surface area contributed by atoms with Crippen LogP contribution >= 0.6 is 0 Å². The Kier molecular flexibility index (Phi) is 10.0. The molecule has 1 N–H and O–H groups in total. The SMILES string of the molecule is CCCCCCC(CCCCCC)C(=O)c1ccc(CS(=O)(=O)O)o1. The van der Waals surface area contributed by atoms with E-state index in [1.807, 2.05) is 0 Å². The summed E-state index contributed by atoms with van der Waals surface area (Å²) in [5.74, 6) is -0.415. The number of carbonyl (C=O) groups excluding carboxylic acids is 1. The molecule has 0 atom stereocenters. The van der Waals surface area contributed by atoms with E-state index in [9.17, 15) is 13.2 Å². The molecule has 1 aromatic rings. The van der Waals surface area contributed by atoms with Crippen molar-refractivity contribution in [1.29, 1.82) is 0 Å². The van der Waals surface area contributed by atoms with Crippen LogP contribution in [0.2, 0.25) is 0 Å². The van der Waals surface area contributed by atoms with Crippen molar-refractivity contribution >= 4 is 15.9 Å². The molecule has 0 aliphatic carbocycles. The number of unbranched alkanes of at least 4 members (excludes halogenated alkanes) is 6. The van der Waals surface area contributed by atoms with Gasteiger partial charge in [0.2, 0.25) is 5.78 Å².